The molecule has 1 aromatic rings. The first kappa shape index (κ1) is 17.7. The van der Waals surface area contributed by atoms with E-state index in [1.54, 1.807) is 12.1 Å². The second kappa shape index (κ2) is 6.09. The van der Waals surface area contributed by atoms with Crippen molar-refractivity contribution in [2.75, 3.05) is 0 Å². The van der Waals surface area contributed by atoms with Gasteiger partial charge in [-0.3, -0.25) is 4.79 Å². The van der Waals surface area contributed by atoms with Gasteiger partial charge in [0.25, 0.3) is 0 Å². The summed E-state index contributed by atoms with van der Waals surface area (Å²) in [5.74, 6) is 0.209. The van der Waals surface area contributed by atoms with Gasteiger partial charge in [0.05, 0.1) is 10.8 Å². The van der Waals surface area contributed by atoms with E-state index in [1.165, 1.54) is 17.7 Å². The normalized spacial score (nSPS) is 22.3. The Balaban J connectivity index is 2.02. The van der Waals surface area contributed by atoms with Crippen LogP contribution >= 0.6 is 0 Å². The van der Waals surface area contributed by atoms with Crippen LogP contribution in [0.25, 0.3) is 0 Å². The molecule has 0 unspecified atom stereocenters. The predicted molar refractivity (Wildman–Crippen MR) is 89.9 cm³/mol. The van der Waals surface area contributed by atoms with Crippen LogP contribution in [0.3, 0.4) is 0 Å². The third kappa shape index (κ3) is 4.00. The van der Waals surface area contributed by atoms with Crippen molar-refractivity contribution in [1.29, 1.82) is 0 Å². The zero-order valence-electron chi connectivity index (χ0n) is 14.0. The second-order valence-corrected chi connectivity index (χ2v) is 8.54. The van der Waals surface area contributed by atoms with E-state index < -0.39 is 10.0 Å². The Kier molecular flexibility index (Phi) is 4.69. The summed E-state index contributed by atoms with van der Waals surface area (Å²) < 4.78 is 22.7. The first-order chi connectivity index (χ1) is 10.5. The summed E-state index contributed by atoms with van der Waals surface area (Å²) in [5, 5.41) is 8.01. The molecule has 2 rings (SSSR count). The molecule has 0 bridgehead atoms. The van der Waals surface area contributed by atoms with E-state index in [-0.39, 0.29) is 34.6 Å². The topological polar surface area (TPSA) is 89.3 Å². The van der Waals surface area contributed by atoms with Gasteiger partial charge in [0.15, 0.2) is 0 Å². The van der Waals surface area contributed by atoms with Crippen molar-refractivity contribution in [1.82, 2.24) is 5.32 Å². The minimum atomic E-state index is -3.73. The van der Waals surface area contributed by atoms with Gasteiger partial charge in [-0.25, -0.2) is 13.6 Å². The maximum Gasteiger partial charge on any atom is 0.238 e. The third-order valence-electron chi connectivity index (χ3n) is 4.40. The summed E-state index contributed by atoms with van der Waals surface area (Å²) in [5.41, 5.74) is 1.88. The molecule has 1 amide bonds. The Bertz CT molecular complexity index is 747. The van der Waals surface area contributed by atoms with Gasteiger partial charge in [0.2, 0.25) is 15.9 Å². The van der Waals surface area contributed by atoms with E-state index in [1.807, 2.05) is 13.8 Å². The average Bonchev–Trinajstić information content (AvgIpc) is 2.96. The molecule has 1 aromatic carbocycles. The Labute approximate surface area is 138 Å². The molecular formula is C17H24N2O3S. The van der Waals surface area contributed by atoms with Crippen LogP contribution in [0.4, 0.5) is 0 Å². The standard InChI is InChI=1S/C17H24N2O3S/c1-11(2)8-14-15(17(14,3)4)16(20)19-10-12-6-5-7-13(9-12)23(18,21)22/h5-9,14-15H,10H2,1-4H3,(H,19,20)(H2,18,21,22)/t14-,15-/m1/s1. The van der Waals surface area contributed by atoms with E-state index in [2.05, 4.69) is 25.2 Å². The van der Waals surface area contributed by atoms with Gasteiger partial charge in [0.1, 0.15) is 0 Å². The highest BCUT2D eigenvalue weighted by Crippen LogP contribution is 2.59. The van der Waals surface area contributed by atoms with Crippen LogP contribution in [0, 0.1) is 17.3 Å². The lowest BCUT2D eigenvalue weighted by Gasteiger charge is -2.07. The number of hydrogen-bond donors (Lipinski definition) is 2. The smallest absolute Gasteiger partial charge is 0.238 e. The number of carbonyl (C=O) groups excluding carboxylic acids is 1. The summed E-state index contributed by atoms with van der Waals surface area (Å²) in [6.45, 7) is 8.52. The molecule has 0 heterocycles. The van der Waals surface area contributed by atoms with Crippen LogP contribution in [0.5, 0.6) is 0 Å². The van der Waals surface area contributed by atoms with Crippen molar-refractivity contribution < 1.29 is 13.2 Å². The van der Waals surface area contributed by atoms with Gasteiger partial charge in [-0.05, 0) is 42.9 Å². The molecule has 0 saturated heterocycles. The summed E-state index contributed by atoms with van der Waals surface area (Å²) in [6, 6.07) is 6.31. The molecule has 3 N–H and O–H groups in total. The quantitative estimate of drug-likeness (QED) is 0.808. The van der Waals surface area contributed by atoms with Crippen LogP contribution in [-0.2, 0) is 21.4 Å². The second-order valence-electron chi connectivity index (χ2n) is 6.98. The lowest BCUT2D eigenvalue weighted by atomic mass is 10.1. The molecule has 5 nitrogen and oxygen atoms in total. The van der Waals surface area contributed by atoms with E-state index in [0.29, 0.717) is 5.56 Å². The van der Waals surface area contributed by atoms with E-state index in [4.69, 9.17) is 5.14 Å². The highest BCUT2D eigenvalue weighted by Gasteiger charge is 2.60. The number of amides is 1. The van der Waals surface area contributed by atoms with E-state index in [9.17, 15) is 13.2 Å². The van der Waals surface area contributed by atoms with Crippen molar-refractivity contribution in [3.8, 4) is 0 Å². The molecule has 1 fully saturated rings. The van der Waals surface area contributed by atoms with E-state index in [0.717, 1.165) is 0 Å². The first-order valence-electron chi connectivity index (χ1n) is 7.58. The molecule has 126 valence electrons. The fourth-order valence-electron chi connectivity index (χ4n) is 2.98. The zero-order valence-corrected chi connectivity index (χ0v) is 14.8. The maximum absolute atomic E-state index is 12.4. The molecule has 0 aromatic heterocycles. The van der Waals surface area contributed by atoms with Crippen LogP contribution in [0.1, 0.15) is 33.3 Å². The van der Waals surface area contributed by atoms with Crippen molar-refractivity contribution in [2.45, 2.75) is 39.1 Å². The Hall–Kier alpha value is -1.66. The van der Waals surface area contributed by atoms with Gasteiger partial charge in [-0.1, -0.05) is 37.6 Å². The van der Waals surface area contributed by atoms with Crippen molar-refractivity contribution >= 4 is 15.9 Å². The largest absolute Gasteiger partial charge is 0.352 e. The number of nitrogens with two attached hydrogens (primary N) is 1. The van der Waals surface area contributed by atoms with Crippen LogP contribution in [-0.4, -0.2) is 14.3 Å². The molecular weight excluding hydrogens is 312 g/mol. The Morgan fingerprint density at radius 3 is 2.57 bits per heavy atom. The number of rotatable bonds is 5. The number of allylic oxidation sites excluding steroid dienone is 2. The molecule has 6 heteroatoms. The minimum absolute atomic E-state index is 0.00138. The molecule has 0 aliphatic heterocycles. The van der Waals surface area contributed by atoms with Crippen molar-refractivity contribution in [3.63, 3.8) is 0 Å². The molecule has 23 heavy (non-hydrogen) atoms. The van der Waals surface area contributed by atoms with Crippen molar-refractivity contribution in [2.24, 2.45) is 22.4 Å². The maximum atomic E-state index is 12.4. The lowest BCUT2D eigenvalue weighted by Crippen LogP contribution is -2.26. The van der Waals surface area contributed by atoms with Gasteiger partial charge < -0.3 is 5.32 Å². The first-order valence-corrected chi connectivity index (χ1v) is 9.12. The Morgan fingerprint density at radius 1 is 1.35 bits per heavy atom. The fourth-order valence-corrected chi connectivity index (χ4v) is 3.56. The lowest BCUT2D eigenvalue weighted by molar-refractivity contribution is -0.123. The average molecular weight is 336 g/mol. The molecule has 1 aliphatic carbocycles. The molecule has 1 aliphatic rings. The van der Waals surface area contributed by atoms with Gasteiger partial charge in [-0.2, -0.15) is 0 Å². The SMILES string of the molecule is CC(C)=C[C@@H]1[C@H](C(=O)NCc2cccc(S(N)(=O)=O)c2)C1(C)C. The number of benzene rings is 1. The van der Waals surface area contributed by atoms with Crippen LogP contribution in [0.2, 0.25) is 0 Å². The summed E-state index contributed by atoms with van der Waals surface area (Å²) in [6.07, 6.45) is 2.14. The Morgan fingerprint density at radius 2 is 2.00 bits per heavy atom. The summed E-state index contributed by atoms with van der Waals surface area (Å²) in [4.78, 5) is 12.4. The van der Waals surface area contributed by atoms with Crippen LogP contribution < -0.4 is 10.5 Å². The predicted octanol–water partition coefficient (Wildman–Crippen LogP) is 2.19. The number of sulfonamides is 1. The number of nitrogens with one attached hydrogen (secondary N) is 1. The highest BCUT2D eigenvalue weighted by atomic mass is 32.2. The summed E-state index contributed by atoms with van der Waals surface area (Å²) in [7, 11) is -3.73. The minimum Gasteiger partial charge on any atom is -0.352 e. The monoisotopic (exact) mass is 336 g/mol. The van der Waals surface area contributed by atoms with Gasteiger partial charge in [-0.15, -0.1) is 0 Å². The van der Waals surface area contributed by atoms with Gasteiger partial charge in [0, 0.05) is 6.54 Å². The van der Waals surface area contributed by atoms with Crippen molar-refractivity contribution in [3.05, 3.63) is 41.5 Å². The van der Waals surface area contributed by atoms with Gasteiger partial charge >= 0.3 is 0 Å². The number of carbonyl (C=O) groups is 1. The molecule has 0 radical (unpaired) electrons. The highest BCUT2D eigenvalue weighted by molar-refractivity contribution is 7.89. The fraction of sp³-hybridized carbons (Fsp3) is 0.471. The summed E-state index contributed by atoms with van der Waals surface area (Å²) >= 11 is 0. The molecule has 1 saturated carbocycles. The zero-order chi connectivity index (χ0) is 17.4. The molecule has 0 spiro atoms. The number of hydrogen-bond acceptors (Lipinski definition) is 3. The van der Waals surface area contributed by atoms with Crippen LogP contribution in [0.15, 0.2) is 40.8 Å². The van der Waals surface area contributed by atoms with E-state index >= 15 is 0 Å². The number of primary sulfonamides is 1. The third-order valence-corrected chi connectivity index (χ3v) is 5.31. The molecule has 2 atom stereocenters.